The normalized spacial score (nSPS) is 18.2. The van der Waals surface area contributed by atoms with Crippen molar-refractivity contribution in [2.75, 3.05) is 24.6 Å². The second-order valence-electron chi connectivity index (χ2n) is 5.79. The van der Waals surface area contributed by atoms with Crippen molar-refractivity contribution < 1.29 is 4.79 Å². The van der Waals surface area contributed by atoms with E-state index in [0.717, 1.165) is 42.4 Å². The van der Waals surface area contributed by atoms with Gasteiger partial charge in [-0.3, -0.25) is 4.79 Å². The van der Waals surface area contributed by atoms with Crippen molar-refractivity contribution in [3.8, 4) is 0 Å². The smallest absolute Gasteiger partial charge is 0.221 e. The summed E-state index contributed by atoms with van der Waals surface area (Å²) in [5.74, 6) is 3.34. The maximum atomic E-state index is 12.0. The Bertz CT molecular complexity index is 664. The molecular formula is C17H24N4OS. The van der Waals surface area contributed by atoms with Crippen LogP contribution in [0, 0.1) is 0 Å². The molecule has 0 saturated carbocycles. The van der Waals surface area contributed by atoms with E-state index in [0.29, 0.717) is 19.0 Å². The van der Waals surface area contributed by atoms with Crippen molar-refractivity contribution in [2.45, 2.75) is 32.4 Å². The van der Waals surface area contributed by atoms with Gasteiger partial charge in [-0.15, -0.1) is 0 Å². The number of para-hydroxylation sites is 2. The molecule has 0 aliphatic carbocycles. The maximum absolute atomic E-state index is 12.0. The number of hydrogen-bond donors (Lipinski definition) is 2. The molecule has 23 heavy (non-hydrogen) atoms. The summed E-state index contributed by atoms with van der Waals surface area (Å²) in [6, 6.07) is 8.50. The van der Waals surface area contributed by atoms with Gasteiger partial charge in [-0.1, -0.05) is 12.1 Å². The predicted octanol–water partition coefficient (Wildman–Crippen LogP) is 1.81. The first-order chi connectivity index (χ1) is 11.3. The Morgan fingerprint density at radius 1 is 1.48 bits per heavy atom. The van der Waals surface area contributed by atoms with Gasteiger partial charge in [0, 0.05) is 50.0 Å². The standard InChI is InChI=1S/C17H24N4OS/c1-2-21-15-6-4-3-5-14(15)20-16(21)7-8-19-17(22)11-13-12-23-10-9-18-13/h3-6,13,18H,2,7-12H2,1H3,(H,19,22). The van der Waals surface area contributed by atoms with Crippen LogP contribution in [0.2, 0.25) is 0 Å². The van der Waals surface area contributed by atoms with Crippen molar-refractivity contribution in [3.05, 3.63) is 30.1 Å². The Morgan fingerprint density at radius 2 is 2.35 bits per heavy atom. The summed E-state index contributed by atoms with van der Waals surface area (Å²) >= 11 is 1.92. The lowest BCUT2D eigenvalue weighted by Crippen LogP contribution is -2.41. The number of carbonyl (C=O) groups excluding carboxylic acids is 1. The Kier molecular flexibility index (Phi) is 5.56. The number of amides is 1. The SMILES string of the molecule is CCn1c(CCNC(=O)CC2CSCCN2)nc2ccccc21. The molecule has 124 valence electrons. The Balaban J connectivity index is 1.53. The van der Waals surface area contributed by atoms with Crippen molar-refractivity contribution in [3.63, 3.8) is 0 Å². The molecule has 1 fully saturated rings. The zero-order valence-electron chi connectivity index (χ0n) is 13.5. The number of aromatic nitrogens is 2. The maximum Gasteiger partial charge on any atom is 0.221 e. The van der Waals surface area contributed by atoms with Crippen LogP contribution < -0.4 is 10.6 Å². The molecule has 2 heterocycles. The van der Waals surface area contributed by atoms with E-state index in [4.69, 9.17) is 4.98 Å². The first-order valence-electron chi connectivity index (χ1n) is 8.30. The molecule has 1 unspecified atom stereocenters. The summed E-state index contributed by atoms with van der Waals surface area (Å²) in [5.41, 5.74) is 2.19. The minimum absolute atomic E-state index is 0.129. The second kappa shape index (κ2) is 7.84. The molecule has 3 rings (SSSR count). The molecule has 6 heteroatoms. The Morgan fingerprint density at radius 3 is 3.13 bits per heavy atom. The molecule has 1 aliphatic heterocycles. The van der Waals surface area contributed by atoms with Gasteiger partial charge in [0.1, 0.15) is 5.82 Å². The van der Waals surface area contributed by atoms with Crippen LogP contribution in [0.5, 0.6) is 0 Å². The largest absolute Gasteiger partial charge is 0.356 e. The van der Waals surface area contributed by atoms with E-state index in [2.05, 4.69) is 28.2 Å². The van der Waals surface area contributed by atoms with Crippen molar-refractivity contribution >= 4 is 28.7 Å². The van der Waals surface area contributed by atoms with E-state index < -0.39 is 0 Å². The summed E-state index contributed by atoms with van der Waals surface area (Å²) in [6.07, 6.45) is 1.33. The lowest BCUT2D eigenvalue weighted by molar-refractivity contribution is -0.121. The number of rotatable bonds is 6. The number of hydrogen-bond acceptors (Lipinski definition) is 4. The summed E-state index contributed by atoms with van der Waals surface area (Å²) in [6.45, 7) is 4.67. The number of benzene rings is 1. The highest BCUT2D eigenvalue weighted by Crippen LogP contribution is 2.16. The molecule has 1 aromatic carbocycles. The highest BCUT2D eigenvalue weighted by atomic mass is 32.2. The molecule has 2 N–H and O–H groups in total. The molecule has 0 spiro atoms. The summed E-state index contributed by atoms with van der Waals surface area (Å²) in [7, 11) is 0. The molecule has 2 aromatic rings. The lowest BCUT2D eigenvalue weighted by atomic mass is 10.2. The van der Waals surface area contributed by atoms with Crippen molar-refractivity contribution in [2.24, 2.45) is 0 Å². The van der Waals surface area contributed by atoms with Crippen LogP contribution in [0.15, 0.2) is 24.3 Å². The van der Waals surface area contributed by atoms with E-state index in [1.54, 1.807) is 0 Å². The Hall–Kier alpha value is -1.53. The molecule has 1 saturated heterocycles. The Labute approximate surface area is 141 Å². The minimum Gasteiger partial charge on any atom is -0.356 e. The van der Waals surface area contributed by atoms with Crippen LogP contribution in [-0.4, -0.2) is 46.1 Å². The third-order valence-electron chi connectivity index (χ3n) is 4.15. The fourth-order valence-corrected chi connectivity index (χ4v) is 3.98. The summed E-state index contributed by atoms with van der Waals surface area (Å²) < 4.78 is 2.22. The molecule has 1 aliphatic rings. The summed E-state index contributed by atoms with van der Waals surface area (Å²) in [5, 5.41) is 6.43. The van der Waals surface area contributed by atoms with Gasteiger partial charge in [0.15, 0.2) is 0 Å². The van der Waals surface area contributed by atoms with Gasteiger partial charge in [-0.05, 0) is 19.1 Å². The second-order valence-corrected chi connectivity index (χ2v) is 6.94. The number of nitrogens with one attached hydrogen (secondary N) is 2. The highest BCUT2D eigenvalue weighted by Gasteiger charge is 2.16. The minimum atomic E-state index is 0.129. The molecule has 5 nitrogen and oxygen atoms in total. The average molecular weight is 332 g/mol. The molecule has 0 bridgehead atoms. The highest BCUT2D eigenvalue weighted by molar-refractivity contribution is 7.99. The van der Waals surface area contributed by atoms with E-state index in [1.165, 1.54) is 5.52 Å². The van der Waals surface area contributed by atoms with Crippen LogP contribution in [0.25, 0.3) is 11.0 Å². The first-order valence-corrected chi connectivity index (χ1v) is 9.45. The predicted molar refractivity (Wildman–Crippen MR) is 95.9 cm³/mol. The van der Waals surface area contributed by atoms with E-state index in [1.807, 2.05) is 30.0 Å². The zero-order chi connectivity index (χ0) is 16.1. The number of nitrogens with zero attached hydrogens (tertiary/aromatic N) is 2. The molecule has 1 atom stereocenters. The topological polar surface area (TPSA) is 59.0 Å². The number of carbonyl (C=O) groups is 1. The third kappa shape index (κ3) is 4.06. The van der Waals surface area contributed by atoms with Crippen molar-refractivity contribution in [1.82, 2.24) is 20.2 Å². The number of fused-ring (bicyclic) bond motifs is 1. The number of aryl methyl sites for hydroxylation is 1. The van der Waals surface area contributed by atoms with Gasteiger partial charge in [0.25, 0.3) is 0 Å². The first kappa shape index (κ1) is 16.3. The number of imidazole rings is 1. The fourth-order valence-electron chi connectivity index (χ4n) is 3.03. The quantitative estimate of drug-likeness (QED) is 0.847. The average Bonchev–Trinajstić information content (AvgIpc) is 2.93. The molecule has 1 aromatic heterocycles. The van der Waals surface area contributed by atoms with E-state index >= 15 is 0 Å². The third-order valence-corrected chi connectivity index (χ3v) is 5.28. The van der Waals surface area contributed by atoms with E-state index in [-0.39, 0.29) is 5.91 Å². The van der Waals surface area contributed by atoms with Gasteiger partial charge in [0.2, 0.25) is 5.91 Å². The van der Waals surface area contributed by atoms with Crippen LogP contribution >= 0.6 is 11.8 Å². The summed E-state index contributed by atoms with van der Waals surface area (Å²) in [4.78, 5) is 16.7. The van der Waals surface area contributed by atoms with Gasteiger partial charge in [0.05, 0.1) is 11.0 Å². The van der Waals surface area contributed by atoms with Gasteiger partial charge in [-0.25, -0.2) is 4.98 Å². The monoisotopic (exact) mass is 332 g/mol. The van der Waals surface area contributed by atoms with Gasteiger partial charge < -0.3 is 15.2 Å². The van der Waals surface area contributed by atoms with Crippen LogP contribution in [-0.2, 0) is 17.8 Å². The van der Waals surface area contributed by atoms with Crippen LogP contribution in [0.3, 0.4) is 0 Å². The van der Waals surface area contributed by atoms with Crippen LogP contribution in [0.1, 0.15) is 19.2 Å². The van der Waals surface area contributed by atoms with Gasteiger partial charge in [-0.2, -0.15) is 11.8 Å². The zero-order valence-corrected chi connectivity index (χ0v) is 14.4. The van der Waals surface area contributed by atoms with Crippen LogP contribution in [0.4, 0.5) is 0 Å². The molecular weight excluding hydrogens is 308 g/mol. The molecule has 1 amide bonds. The number of thioether (sulfide) groups is 1. The van der Waals surface area contributed by atoms with Crippen molar-refractivity contribution in [1.29, 1.82) is 0 Å². The fraction of sp³-hybridized carbons (Fsp3) is 0.529. The van der Waals surface area contributed by atoms with Gasteiger partial charge >= 0.3 is 0 Å². The molecule has 0 radical (unpaired) electrons. The van der Waals surface area contributed by atoms with E-state index in [9.17, 15) is 4.79 Å². The lowest BCUT2D eigenvalue weighted by Gasteiger charge is -2.22.